The third-order valence-electron chi connectivity index (χ3n) is 4.24. The summed E-state index contributed by atoms with van der Waals surface area (Å²) in [5, 5.41) is 9.67. The molecule has 0 aliphatic carbocycles. The van der Waals surface area contributed by atoms with E-state index in [1.807, 2.05) is 38.7 Å². The van der Waals surface area contributed by atoms with Crippen LogP contribution in [0.2, 0.25) is 0 Å². The fourth-order valence-electron chi connectivity index (χ4n) is 2.77. The summed E-state index contributed by atoms with van der Waals surface area (Å²) >= 11 is 1.73. The number of carbonyl (C=O) groups is 1. The molecule has 2 rings (SSSR count). The summed E-state index contributed by atoms with van der Waals surface area (Å²) in [4.78, 5) is 15.5. The molecule has 5 nitrogen and oxygen atoms in total. The van der Waals surface area contributed by atoms with Gasteiger partial charge in [-0.2, -0.15) is 5.10 Å². The standard InChI is InChI=1S/C17H26N4OS/c1-6-15(16-12(2)19-21(5)13(16)3)18-17(22)20(4)10-9-14-8-7-11-23-14/h7-8,11,15H,6,9-10H2,1-5H3,(H,18,22)/t15-/m1/s1. The highest BCUT2D eigenvalue weighted by atomic mass is 32.1. The van der Waals surface area contributed by atoms with E-state index in [1.165, 1.54) is 4.88 Å². The second-order valence-electron chi connectivity index (χ2n) is 5.87. The molecule has 0 saturated heterocycles. The SMILES string of the molecule is CC[C@@H](NC(=O)N(C)CCc1cccs1)c1c(C)nn(C)c1C. The normalized spacial score (nSPS) is 12.2. The number of nitrogens with one attached hydrogen (secondary N) is 1. The molecule has 2 heterocycles. The van der Waals surface area contributed by atoms with Crippen LogP contribution in [0.25, 0.3) is 0 Å². The number of hydrogen-bond donors (Lipinski definition) is 1. The van der Waals surface area contributed by atoms with E-state index in [9.17, 15) is 4.79 Å². The molecule has 0 aliphatic rings. The lowest BCUT2D eigenvalue weighted by atomic mass is 10.0. The first-order valence-corrected chi connectivity index (χ1v) is 8.86. The van der Waals surface area contributed by atoms with E-state index in [1.54, 1.807) is 16.2 Å². The molecule has 0 saturated carbocycles. The molecule has 0 unspecified atom stereocenters. The number of nitrogens with zero attached hydrogens (tertiary/aromatic N) is 3. The third-order valence-corrected chi connectivity index (χ3v) is 5.18. The smallest absolute Gasteiger partial charge is 0.317 e. The van der Waals surface area contributed by atoms with Crippen LogP contribution in [0.15, 0.2) is 17.5 Å². The van der Waals surface area contributed by atoms with Crippen molar-refractivity contribution < 1.29 is 4.79 Å². The summed E-state index contributed by atoms with van der Waals surface area (Å²) in [5.74, 6) is 0. The summed E-state index contributed by atoms with van der Waals surface area (Å²) < 4.78 is 1.87. The minimum absolute atomic E-state index is 0.000359. The number of rotatable bonds is 6. The molecule has 0 bridgehead atoms. The second-order valence-corrected chi connectivity index (χ2v) is 6.90. The van der Waals surface area contributed by atoms with Gasteiger partial charge >= 0.3 is 6.03 Å². The molecular formula is C17H26N4OS. The molecule has 2 amide bonds. The van der Waals surface area contributed by atoms with Crippen molar-refractivity contribution in [2.45, 2.75) is 39.7 Å². The summed E-state index contributed by atoms with van der Waals surface area (Å²) in [6, 6.07) is 4.12. The minimum Gasteiger partial charge on any atom is -0.331 e. The Hall–Kier alpha value is -1.82. The van der Waals surface area contributed by atoms with E-state index >= 15 is 0 Å². The fraction of sp³-hybridized carbons (Fsp3) is 0.529. The molecule has 126 valence electrons. The number of amides is 2. The topological polar surface area (TPSA) is 50.2 Å². The first-order chi connectivity index (χ1) is 10.9. The molecule has 0 aliphatic heterocycles. The minimum atomic E-state index is -0.0314. The van der Waals surface area contributed by atoms with Gasteiger partial charge in [-0.3, -0.25) is 4.68 Å². The Bertz CT molecular complexity index is 648. The zero-order chi connectivity index (χ0) is 17.0. The Kier molecular flexibility index (Phi) is 5.82. The van der Waals surface area contributed by atoms with Gasteiger partial charge in [0.25, 0.3) is 0 Å². The molecule has 1 atom stereocenters. The third kappa shape index (κ3) is 4.13. The largest absolute Gasteiger partial charge is 0.331 e. The molecule has 0 fully saturated rings. The number of thiophene rings is 1. The number of aromatic nitrogens is 2. The van der Waals surface area contributed by atoms with Crippen LogP contribution in [-0.2, 0) is 13.5 Å². The lowest BCUT2D eigenvalue weighted by molar-refractivity contribution is 0.204. The number of carbonyl (C=O) groups excluding carboxylic acids is 1. The van der Waals surface area contributed by atoms with Crippen LogP contribution >= 0.6 is 11.3 Å². The van der Waals surface area contributed by atoms with Crippen LogP contribution in [0, 0.1) is 13.8 Å². The molecule has 1 N–H and O–H groups in total. The summed E-state index contributed by atoms with van der Waals surface area (Å²) in [7, 11) is 3.78. The molecule has 0 radical (unpaired) electrons. The molecule has 0 spiro atoms. The van der Waals surface area contributed by atoms with Gasteiger partial charge in [0, 0.05) is 36.8 Å². The number of aryl methyl sites for hydroxylation is 2. The molecule has 6 heteroatoms. The average molecular weight is 334 g/mol. The Morgan fingerprint density at radius 2 is 2.22 bits per heavy atom. The molecule has 2 aromatic rings. The molecule has 2 aromatic heterocycles. The average Bonchev–Trinajstić information content (AvgIpc) is 3.12. The highest BCUT2D eigenvalue weighted by molar-refractivity contribution is 7.09. The van der Waals surface area contributed by atoms with E-state index in [0.29, 0.717) is 6.54 Å². The monoisotopic (exact) mass is 334 g/mol. The maximum Gasteiger partial charge on any atom is 0.317 e. The fourth-order valence-corrected chi connectivity index (χ4v) is 3.46. The first kappa shape index (κ1) is 17.5. The van der Waals surface area contributed by atoms with E-state index in [-0.39, 0.29) is 12.1 Å². The predicted molar refractivity (Wildman–Crippen MR) is 94.9 cm³/mol. The number of hydrogen-bond acceptors (Lipinski definition) is 3. The van der Waals surface area contributed by atoms with Crippen molar-refractivity contribution in [2.24, 2.45) is 7.05 Å². The van der Waals surface area contributed by atoms with Gasteiger partial charge in [-0.05, 0) is 38.1 Å². The van der Waals surface area contributed by atoms with E-state index in [0.717, 1.165) is 29.8 Å². The zero-order valence-electron chi connectivity index (χ0n) is 14.6. The lowest BCUT2D eigenvalue weighted by Crippen LogP contribution is -2.40. The highest BCUT2D eigenvalue weighted by Crippen LogP contribution is 2.23. The number of likely N-dealkylation sites (N-methyl/N-ethyl adjacent to an activating group) is 1. The maximum atomic E-state index is 12.5. The van der Waals surface area contributed by atoms with Crippen molar-refractivity contribution in [2.75, 3.05) is 13.6 Å². The van der Waals surface area contributed by atoms with Gasteiger partial charge in [-0.1, -0.05) is 13.0 Å². The second kappa shape index (κ2) is 7.64. The summed E-state index contributed by atoms with van der Waals surface area (Å²) in [6.45, 7) is 6.85. The van der Waals surface area contributed by atoms with Gasteiger partial charge in [0.1, 0.15) is 0 Å². The van der Waals surface area contributed by atoms with Crippen molar-refractivity contribution in [3.05, 3.63) is 39.3 Å². The maximum absolute atomic E-state index is 12.5. The van der Waals surface area contributed by atoms with Gasteiger partial charge < -0.3 is 10.2 Å². The van der Waals surface area contributed by atoms with Gasteiger partial charge in [0.2, 0.25) is 0 Å². The van der Waals surface area contributed by atoms with Crippen molar-refractivity contribution >= 4 is 17.4 Å². The van der Waals surface area contributed by atoms with Crippen LogP contribution in [-0.4, -0.2) is 34.3 Å². The van der Waals surface area contributed by atoms with Gasteiger partial charge in [0.15, 0.2) is 0 Å². The van der Waals surface area contributed by atoms with E-state index < -0.39 is 0 Å². The zero-order valence-corrected chi connectivity index (χ0v) is 15.4. The van der Waals surface area contributed by atoms with Crippen molar-refractivity contribution in [3.8, 4) is 0 Å². The molecule has 23 heavy (non-hydrogen) atoms. The van der Waals surface area contributed by atoms with E-state index in [4.69, 9.17) is 0 Å². The quantitative estimate of drug-likeness (QED) is 0.880. The van der Waals surface area contributed by atoms with Crippen LogP contribution < -0.4 is 5.32 Å². The summed E-state index contributed by atoms with van der Waals surface area (Å²) in [6.07, 6.45) is 1.74. The van der Waals surface area contributed by atoms with Gasteiger partial charge in [-0.25, -0.2) is 4.79 Å². The van der Waals surface area contributed by atoms with Crippen LogP contribution in [0.1, 0.15) is 41.2 Å². The van der Waals surface area contributed by atoms with Gasteiger partial charge in [-0.15, -0.1) is 11.3 Å². The van der Waals surface area contributed by atoms with E-state index in [2.05, 4.69) is 28.8 Å². The van der Waals surface area contributed by atoms with Crippen LogP contribution in [0.5, 0.6) is 0 Å². The van der Waals surface area contributed by atoms with Crippen LogP contribution in [0.4, 0.5) is 4.79 Å². The lowest BCUT2D eigenvalue weighted by Gasteiger charge is -2.23. The number of urea groups is 1. The Morgan fingerprint density at radius 1 is 1.48 bits per heavy atom. The van der Waals surface area contributed by atoms with Gasteiger partial charge in [0.05, 0.1) is 11.7 Å². The van der Waals surface area contributed by atoms with Crippen molar-refractivity contribution in [3.63, 3.8) is 0 Å². The molecule has 0 aromatic carbocycles. The predicted octanol–water partition coefficient (Wildman–Crippen LogP) is 3.43. The summed E-state index contributed by atoms with van der Waals surface area (Å²) in [5.41, 5.74) is 3.23. The van der Waals surface area contributed by atoms with Crippen LogP contribution in [0.3, 0.4) is 0 Å². The Labute approximate surface area is 142 Å². The van der Waals surface area contributed by atoms with Crippen molar-refractivity contribution in [1.29, 1.82) is 0 Å². The molecular weight excluding hydrogens is 308 g/mol. The first-order valence-electron chi connectivity index (χ1n) is 7.98. The Morgan fingerprint density at radius 3 is 2.74 bits per heavy atom. The highest BCUT2D eigenvalue weighted by Gasteiger charge is 2.21. The van der Waals surface area contributed by atoms with Crippen molar-refractivity contribution in [1.82, 2.24) is 20.0 Å². The Balaban J connectivity index is 1.98.